The highest BCUT2D eigenvalue weighted by Crippen LogP contribution is 2.32. The first kappa shape index (κ1) is 11.3. The van der Waals surface area contributed by atoms with Gasteiger partial charge in [-0.15, -0.1) is 0 Å². The predicted octanol–water partition coefficient (Wildman–Crippen LogP) is 3.44. The van der Waals surface area contributed by atoms with Gasteiger partial charge in [0.05, 0.1) is 10.6 Å². The van der Waals surface area contributed by atoms with Crippen molar-refractivity contribution in [1.29, 1.82) is 5.26 Å². The van der Waals surface area contributed by atoms with Crippen LogP contribution < -0.4 is 0 Å². The molecular formula is C8H4BrClF2N2. The summed E-state index contributed by atoms with van der Waals surface area (Å²) in [6, 6.07) is 1.58. The van der Waals surface area contributed by atoms with E-state index in [2.05, 4.69) is 20.9 Å². The van der Waals surface area contributed by atoms with E-state index in [0.29, 0.717) is 10.9 Å². The average molecular weight is 281 g/mol. The van der Waals surface area contributed by atoms with E-state index >= 15 is 0 Å². The number of alkyl halides is 3. The van der Waals surface area contributed by atoms with Crippen LogP contribution in [0.25, 0.3) is 0 Å². The van der Waals surface area contributed by atoms with Crippen molar-refractivity contribution in [2.24, 2.45) is 0 Å². The molecule has 0 fully saturated rings. The zero-order chi connectivity index (χ0) is 10.7. The molecule has 0 aliphatic heterocycles. The molecule has 2 nitrogen and oxygen atoms in total. The van der Waals surface area contributed by atoms with Gasteiger partial charge in [-0.2, -0.15) is 5.26 Å². The molecule has 0 atom stereocenters. The monoisotopic (exact) mass is 280 g/mol. The summed E-state index contributed by atoms with van der Waals surface area (Å²) in [5.41, 5.74) is -0.373. The fourth-order valence-electron chi connectivity index (χ4n) is 0.927. The Morgan fingerprint density at radius 2 is 2.29 bits per heavy atom. The lowest BCUT2D eigenvalue weighted by Crippen LogP contribution is -1.98. The van der Waals surface area contributed by atoms with Crippen LogP contribution >= 0.6 is 27.5 Å². The third-order valence-corrected chi connectivity index (χ3v) is 2.64. The second-order valence-corrected chi connectivity index (χ2v) is 3.34. The van der Waals surface area contributed by atoms with Gasteiger partial charge in [0.2, 0.25) is 0 Å². The topological polar surface area (TPSA) is 36.7 Å². The molecule has 1 heterocycles. The van der Waals surface area contributed by atoms with E-state index in [9.17, 15) is 8.78 Å². The highest BCUT2D eigenvalue weighted by Gasteiger charge is 2.20. The van der Waals surface area contributed by atoms with Crippen LogP contribution in [0.2, 0.25) is 5.02 Å². The molecule has 1 rings (SSSR count). The SMILES string of the molecule is N#Cc1ncc(CBr)c(Cl)c1C(F)F. The van der Waals surface area contributed by atoms with Crippen molar-refractivity contribution in [2.45, 2.75) is 11.8 Å². The van der Waals surface area contributed by atoms with E-state index in [1.54, 1.807) is 6.07 Å². The highest BCUT2D eigenvalue weighted by atomic mass is 79.9. The van der Waals surface area contributed by atoms with Gasteiger partial charge < -0.3 is 0 Å². The number of nitrogens with zero attached hydrogens (tertiary/aromatic N) is 2. The number of hydrogen-bond donors (Lipinski definition) is 0. The maximum Gasteiger partial charge on any atom is 0.268 e. The quantitative estimate of drug-likeness (QED) is 0.779. The van der Waals surface area contributed by atoms with Crippen molar-refractivity contribution < 1.29 is 8.78 Å². The zero-order valence-corrected chi connectivity index (χ0v) is 9.11. The Bertz CT molecular complexity index is 390. The molecule has 0 saturated carbocycles. The van der Waals surface area contributed by atoms with E-state index < -0.39 is 12.0 Å². The van der Waals surface area contributed by atoms with Crippen LogP contribution in [-0.2, 0) is 5.33 Å². The zero-order valence-electron chi connectivity index (χ0n) is 6.77. The third kappa shape index (κ3) is 2.02. The van der Waals surface area contributed by atoms with E-state index in [1.165, 1.54) is 6.20 Å². The molecule has 0 aliphatic carbocycles. The molecule has 74 valence electrons. The van der Waals surface area contributed by atoms with E-state index in [-0.39, 0.29) is 10.7 Å². The summed E-state index contributed by atoms with van der Waals surface area (Å²) in [4.78, 5) is 3.59. The molecule has 0 saturated heterocycles. The van der Waals surface area contributed by atoms with Gasteiger partial charge >= 0.3 is 0 Å². The second kappa shape index (κ2) is 4.67. The molecule has 6 heteroatoms. The molecule has 0 aromatic carbocycles. The summed E-state index contributed by atoms with van der Waals surface area (Å²) < 4.78 is 25.0. The molecule has 0 aliphatic rings. The summed E-state index contributed by atoms with van der Waals surface area (Å²) in [5, 5.41) is 8.77. The van der Waals surface area contributed by atoms with Gasteiger partial charge in [0.25, 0.3) is 6.43 Å². The van der Waals surface area contributed by atoms with Gasteiger partial charge in [-0.05, 0) is 0 Å². The molecule has 0 N–H and O–H groups in total. The van der Waals surface area contributed by atoms with E-state index in [4.69, 9.17) is 16.9 Å². The molecular weight excluding hydrogens is 277 g/mol. The fourth-order valence-corrected chi connectivity index (χ4v) is 1.80. The molecule has 1 aromatic rings. The number of halogens is 4. The average Bonchev–Trinajstić information content (AvgIpc) is 2.16. The third-order valence-electron chi connectivity index (χ3n) is 1.59. The van der Waals surface area contributed by atoms with Crippen LogP contribution in [0.5, 0.6) is 0 Å². The van der Waals surface area contributed by atoms with Gasteiger partial charge in [0, 0.05) is 17.1 Å². The predicted molar refractivity (Wildman–Crippen MR) is 51.6 cm³/mol. The summed E-state index contributed by atoms with van der Waals surface area (Å²) in [6.45, 7) is 0. The Balaban J connectivity index is 3.41. The van der Waals surface area contributed by atoms with Crippen molar-refractivity contribution in [2.75, 3.05) is 0 Å². The molecule has 0 radical (unpaired) electrons. The van der Waals surface area contributed by atoms with Crippen molar-refractivity contribution >= 4 is 27.5 Å². The highest BCUT2D eigenvalue weighted by molar-refractivity contribution is 9.08. The largest absolute Gasteiger partial charge is 0.268 e. The number of aromatic nitrogens is 1. The molecule has 0 unspecified atom stereocenters. The maximum absolute atomic E-state index is 12.5. The number of pyridine rings is 1. The van der Waals surface area contributed by atoms with Crippen molar-refractivity contribution in [1.82, 2.24) is 4.98 Å². The van der Waals surface area contributed by atoms with Crippen LogP contribution in [0.1, 0.15) is 23.2 Å². The molecule has 14 heavy (non-hydrogen) atoms. The first-order valence-electron chi connectivity index (χ1n) is 3.53. The lowest BCUT2D eigenvalue weighted by Gasteiger charge is -2.07. The number of rotatable bonds is 2. The van der Waals surface area contributed by atoms with Gasteiger partial charge in [-0.1, -0.05) is 27.5 Å². The van der Waals surface area contributed by atoms with Gasteiger partial charge in [-0.25, -0.2) is 13.8 Å². The summed E-state index contributed by atoms with van der Waals surface area (Å²) in [5.74, 6) is 0. The molecule has 0 amide bonds. The number of hydrogen-bond acceptors (Lipinski definition) is 2. The van der Waals surface area contributed by atoms with Gasteiger partial charge in [0.15, 0.2) is 5.69 Å². The molecule has 0 bridgehead atoms. The lowest BCUT2D eigenvalue weighted by atomic mass is 10.1. The van der Waals surface area contributed by atoms with Gasteiger partial charge in [-0.3, -0.25) is 0 Å². The Labute approximate surface area is 92.6 Å². The standard InChI is InChI=1S/C8H4BrClF2N2/c9-1-4-3-14-5(2-13)6(7(4)10)8(11)12/h3,8H,1H2. The van der Waals surface area contributed by atoms with Gasteiger partial charge in [0.1, 0.15) is 6.07 Å². The summed E-state index contributed by atoms with van der Waals surface area (Å²) in [6.07, 6.45) is -1.48. The lowest BCUT2D eigenvalue weighted by molar-refractivity contribution is 0.150. The van der Waals surface area contributed by atoms with Crippen molar-refractivity contribution in [3.8, 4) is 6.07 Å². The minimum absolute atomic E-state index is 0.0941. The maximum atomic E-state index is 12.5. The van der Waals surface area contributed by atoms with E-state index in [1.807, 2.05) is 0 Å². The van der Waals surface area contributed by atoms with Crippen LogP contribution in [0, 0.1) is 11.3 Å². The smallest absolute Gasteiger partial charge is 0.245 e. The Morgan fingerprint density at radius 1 is 1.64 bits per heavy atom. The normalized spacial score (nSPS) is 10.3. The molecule has 1 aromatic heterocycles. The van der Waals surface area contributed by atoms with Crippen molar-refractivity contribution in [3.63, 3.8) is 0 Å². The number of nitriles is 1. The Kier molecular flexibility index (Phi) is 3.78. The van der Waals surface area contributed by atoms with Crippen LogP contribution in [0.4, 0.5) is 8.78 Å². The van der Waals surface area contributed by atoms with E-state index in [0.717, 1.165) is 0 Å². The molecule has 0 spiro atoms. The first-order chi connectivity index (χ1) is 6.61. The van der Waals surface area contributed by atoms with Crippen LogP contribution in [-0.4, -0.2) is 4.98 Å². The summed E-state index contributed by atoms with van der Waals surface area (Å²) >= 11 is 8.77. The minimum atomic E-state index is -2.79. The van der Waals surface area contributed by atoms with Crippen molar-refractivity contribution in [3.05, 3.63) is 28.0 Å². The van der Waals surface area contributed by atoms with Crippen LogP contribution in [0.3, 0.4) is 0 Å². The Hall–Kier alpha value is -0.730. The summed E-state index contributed by atoms with van der Waals surface area (Å²) in [7, 11) is 0. The second-order valence-electron chi connectivity index (χ2n) is 2.41. The fraction of sp³-hybridized carbons (Fsp3) is 0.250. The minimum Gasteiger partial charge on any atom is -0.245 e. The van der Waals surface area contributed by atoms with Crippen LogP contribution in [0.15, 0.2) is 6.20 Å². The Morgan fingerprint density at radius 3 is 2.71 bits per heavy atom. The first-order valence-corrected chi connectivity index (χ1v) is 5.03.